The summed E-state index contributed by atoms with van der Waals surface area (Å²) in [6, 6.07) is 3.96. The minimum Gasteiger partial charge on any atom is -0.383 e. The van der Waals surface area contributed by atoms with Crippen molar-refractivity contribution in [3.8, 4) is 0 Å². The largest absolute Gasteiger partial charge is 0.383 e. The summed E-state index contributed by atoms with van der Waals surface area (Å²) in [5.74, 6) is 0.224. The lowest BCUT2D eigenvalue weighted by molar-refractivity contribution is -0.129. The molecule has 0 aromatic carbocycles. The van der Waals surface area contributed by atoms with Crippen molar-refractivity contribution < 1.29 is 9.53 Å². The SMILES string of the molecule is COCCn1cc(CC(=O)N2CCCC2)c2cccnc21. The zero-order valence-electron chi connectivity index (χ0n) is 12.4. The standard InChI is InChI=1S/C16H21N3O2/c1-21-10-9-19-12-13(14-5-4-6-17-16(14)19)11-15(20)18-7-2-3-8-18/h4-6,12H,2-3,7-11H2,1H3. The van der Waals surface area contributed by atoms with Crippen LogP contribution < -0.4 is 0 Å². The van der Waals surface area contributed by atoms with Crippen LogP contribution in [-0.2, 0) is 22.5 Å². The molecule has 0 saturated carbocycles. The summed E-state index contributed by atoms with van der Waals surface area (Å²) in [7, 11) is 1.69. The lowest BCUT2D eigenvalue weighted by Gasteiger charge is -2.14. The molecule has 2 aromatic heterocycles. The topological polar surface area (TPSA) is 47.4 Å². The van der Waals surface area contributed by atoms with Gasteiger partial charge < -0.3 is 14.2 Å². The molecule has 1 amide bonds. The smallest absolute Gasteiger partial charge is 0.227 e. The number of fused-ring (bicyclic) bond motifs is 1. The minimum atomic E-state index is 0.224. The molecule has 1 saturated heterocycles. The van der Waals surface area contributed by atoms with Gasteiger partial charge in [0.2, 0.25) is 5.91 Å². The number of pyridine rings is 1. The summed E-state index contributed by atoms with van der Waals surface area (Å²) in [6.07, 6.45) is 6.55. The highest BCUT2D eigenvalue weighted by Crippen LogP contribution is 2.21. The fraction of sp³-hybridized carbons (Fsp3) is 0.500. The molecule has 0 atom stereocenters. The second kappa shape index (κ2) is 6.26. The Hall–Kier alpha value is -1.88. The molecule has 112 valence electrons. The van der Waals surface area contributed by atoms with Crippen LogP contribution in [0.2, 0.25) is 0 Å². The number of carbonyl (C=O) groups excluding carboxylic acids is 1. The van der Waals surface area contributed by atoms with Crippen molar-refractivity contribution in [1.29, 1.82) is 0 Å². The molecule has 1 aliphatic rings. The molecule has 0 N–H and O–H groups in total. The molecule has 0 bridgehead atoms. The van der Waals surface area contributed by atoms with Gasteiger partial charge in [-0.2, -0.15) is 0 Å². The van der Waals surface area contributed by atoms with Gasteiger partial charge >= 0.3 is 0 Å². The van der Waals surface area contributed by atoms with E-state index in [1.54, 1.807) is 13.3 Å². The maximum atomic E-state index is 12.4. The number of carbonyl (C=O) groups is 1. The van der Waals surface area contributed by atoms with E-state index in [1.165, 1.54) is 0 Å². The predicted octanol–water partition coefficient (Wildman–Crippen LogP) is 1.85. The molecule has 2 aromatic rings. The van der Waals surface area contributed by atoms with E-state index in [-0.39, 0.29) is 5.91 Å². The number of hydrogen-bond acceptors (Lipinski definition) is 3. The van der Waals surface area contributed by atoms with E-state index in [2.05, 4.69) is 9.55 Å². The Bertz CT molecular complexity index is 629. The fourth-order valence-electron chi connectivity index (χ4n) is 2.94. The van der Waals surface area contributed by atoms with Gasteiger partial charge in [0.25, 0.3) is 0 Å². The summed E-state index contributed by atoms with van der Waals surface area (Å²) >= 11 is 0. The zero-order valence-corrected chi connectivity index (χ0v) is 12.4. The Morgan fingerprint density at radius 3 is 2.95 bits per heavy atom. The van der Waals surface area contributed by atoms with Crippen LogP contribution >= 0.6 is 0 Å². The molecule has 1 fully saturated rings. The second-order valence-electron chi connectivity index (χ2n) is 5.48. The predicted molar refractivity (Wildman–Crippen MR) is 81.1 cm³/mol. The number of ether oxygens (including phenoxy) is 1. The van der Waals surface area contributed by atoms with Crippen molar-refractivity contribution in [2.75, 3.05) is 26.8 Å². The van der Waals surface area contributed by atoms with Gasteiger partial charge in [-0.1, -0.05) is 0 Å². The summed E-state index contributed by atoms with van der Waals surface area (Å²) in [5, 5.41) is 1.07. The number of methoxy groups -OCH3 is 1. The van der Waals surface area contributed by atoms with Gasteiger partial charge in [0.05, 0.1) is 13.0 Å². The van der Waals surface area contributed by atoms with Crippen LogP contribution in [-0.4, -0.2) is 47.2 Å². The van der Waals surface area contributed by atoms with Gasteiger partial charge in [-0.3, -0.25) is 4.79 Å². The molecule has 0 spiro atoms. The van der Waals surface area contributed by atoms with Crippen molar-refractivity contribution >= 4 is 16.9 Å². The molecule has 21 heavy (non-hydrogen) atoms. The van der Waals surface area contributed by atoms with Gasteiger partial charge in [0.1, 0.15) is 5.65 Å². The van der Waals surface area contributed by atoms with Crippen LogP contribution in [0.3, 0.4) is 0 Å². The molecule has 5 nitrogen and oxygen atoms in total. The summed E-state index contributed by atoms with van der Waals surface area (Å²) in [6.45, 7) is 3.20. The number of nitrogens with zero attached hydrogens (tertiary/aromatic N) is 3. The first-order valence-electron chi connectivity index (χ1n) is 7.49. The van der Waals surface area contributed by atoms with Crippen LogP contribution in [0.4, 0.5) is 0 Å². The van der Waals surface area contributed by atoms with Crippen LogP contribution in [0.5, 0.6) is 0 Å². The Kier molecular flexibility index (Phi) is 4.20. The van der Waals surface area contributed by atoms with Crippen molar-refractivity contribution in [3.05, 3.63) is 30.1 Å². The number of amides is 1. The summed E-state index contributed by atoms with van der Waals surface area (Å²) in [4.78, 5) is 18.8. The Balaban J connectivity index is 1.85. The number of rotatable bonds is 5. The molecule has 1 aliphatic heterocycles. The Morgan fingerprint density at radius 1 is 1.38 bits per heavy atom. The van der Waals surface area contributed by atoms with E-state index in [9.17, 15) is 4.79 Å². The highest BCUT2D eigenvalue weighted by molar-refractivity contribution is 5.87. The highest BCUT2D eigenvalue weighted by Gasteiger charge is 2.20. The summed E-state index contributed by atoms with van der Waals surface area (Å²) < 4.78 is 7.22. The molecule has 5 heteroatoms. The molecule has 0 unspecified atom stereocenters. The molecule has 0 radical (unpaired) electrons. The fourth-order valence-corrected chi connectivity index (χ4v) is 2.94. The van der Waals surface area contributed by atoms with Gasteiger partial charge in [0, 0.05) is 44.5 Å². The van der Waals surface area contributed by atoms with Gasteiger partial charge in [-0.05, 0) is 30.5 Å². The normalized spacial score (nSPS) is 15.0. The molecular weight excluding hydrogens is 266 g/mol. The lowest BCUT2D eigenvalue weighted by Crippen LogP contribution is -2.28. The first kappa shape index (κ1) is 14.1. The number of hydrogen-bond donors (Lipinski definition) is 0. The highest BCUT2D eigenvalue weighted by atomic mass is 16.5. The molecule has 3 rings (SSSR count). The van der Waals surface area contributed by atoms with Crippen molar-refractivity contribution in [3.63, 3.8) is 0 Å². The second-order valence-corrected chi connectivity index (χ2v) is 5.48. The zero-order chi connectivity index (χ0) is 14.7. The minimum absolute atomic E-state index is 0.224. The third-order valence-corrected chi connectivity index (χ3v) is 4.05. The maximum absolute atomic E-state index is 12.4. The summed E-state index contributed by atoms with van der Waals surface area (Å²) in [5.41, 5.74) is 1.99. The van der Waals surface area contributed by atoms with Crippen molar-refractivity contribution in [2.45, 2.75) is 25.8 Å². The van der Waals surface area contributed by atoms with E-state index in [0.717, 1.165) is 49.1 Å². The number of likely N-dealkylation sites (tertiary alicyclic amines) is 1. The van der Waals surface area contributed by atoms with Crippen molar-refractivity contribution in [2.24, 2.45) is 0 Å². The van der Waals surface area contributed by atoms with Gasteiger partial charge in [-0.15, -0.1) is 0 Å². The Morgan fingerprint density at radius 2 is 2.19 bits per heavy atom. The van der Waals surface area contributed by atoms with E-state index in [4.69, 9.17) is 4.74 Å². The van der Waals surface area contributed by atoms with Gasteiger partial charge in [0.15, 0.2) is 0 Å². The lowest BCUT2D eigenvalue weighted by atomic mass is 10.1. The monoisotopic (exact) mass is 287 g/mol. The maximum Gasteiger partial charge on any atom is 0.227 e. The van der Waals surface area contributed by atoms with Crippen LogP contribution in [0, 0.1) is 0 Å². The van der Waals surface area contributed by atoms with Crippen LogP contribution in [0.25, 0.3) is 11.0 Å². The molecule has 0 aliphatic carbocycles. The van der Waals surface area contributed by atoms with Crippen LogP contribution in [0.15, 0.2) is 24.5 Å². The average Bonchev–Trinajstić information content (AvgIpc) is 3.14. The van der Waals surface area contributed by atoms with Crippen LogP contribution in [0.1, 0.15) is 18.4 Å². The van der Waals surface area contributed by atoms with Gasteiger partial charge in [-0.25, -0.2) is 4.98 Å². The molecule has 3 heterocycles. The van der Waals surface area contributed by atoms with E-state index < -0.39 is 0 Å². The average molecular weight is 287 g/mol. The first-order chi connectivity index (χ1) is 10.3. The Labute approximate surface area is 124 Å². The van der Waals surface area contributed by atoms with E-state index in [0.29, 0.717) is 13.0 Å². The quantitative estimate of drug-likeness (QED) is 0.843. The van der Waals surface area contributed by atoms with E-state index in [1.807, 2.05) is 23.2 Å². The first-order valence-corrected chi connectivity index (χ1v) is 7.49. The third-order valence-electron chi connectivity index (χ3n) is 4.05. The third kappa shape index (κ3) is 2.93. The molecular formula is C16H21N3O2. The number of aromatic nitrogens is 2. The van der Waals surface area contributed by atoms with Crippen molar-refractivity contribution in [1.82, 2.24) is 14.5 Å². The van der Waals surface area contributed by atoms with E-state index >= 15 is 0 Å².